The van der Waals surface area contributed by atoms with Crippen LogP contribution in [0.25, 0.3) is 0 Å². The number of esters is 1. The molecule has 6 atom stereocenters. The van der Waals surface area contributed by atoms with E-state index in [4.69, 9.17) is 18.9 Å². The van der Waals surface area contributed by atoms with Crippen molar-refractivity contribution in [1.82, 2.24) is 0 Å². The third kappa shape index (κ3) is 41.4. The molecule has 0 spiro atoms. The fourth-order valence-corrected chi connectivity index (χ4v) is 8.93. The fraction of sp³-hybridized carbons (Fsp3) is 0.820. The second kappa shape index (κ2) is 51.8. The smallest absolute Gasteiger partial charge is 0.306 e. The number of unbranched alkanes of at least 4 members (excludes halogenated alkanes) is 30. The number of ether oxygens (including phenoxy) is 4. The molecule has 1 fully saturated rings. The van der Waals surface area contributed by atoms with Gasteiger partial charge in [-0.1, -0.05) is 254 Å². The Morgan fingerprint density at radius 3 is 1.31 bits per heavy atom. The normalized spacial score (nSPS) is 19.3. The molecule has 9 nitrogen and oxygen atoms in total. The van der Waals surface area contributed by atoms with Gasteiger partial charge in [0.2, 0.25) is 0 Å². The van der Waals surface area contributed by atoms with Crippen LogP contribution in [0.2, 0.25) is 0 Å². The summed E-state index contributed by atoms with van der Waals surface area (Å²) in [5, 5.41) is 40.4. The van der Waals surface area contributed by atoms with Gasteiger partial charge in [-0.05, 0) is 57.8 Å². The van der Waals surface area contributed by atoms with Gasteiger partial charge < -0.3 is 39.4 Å². The van der Waals surface area contributed by atoms with E-state index in [9.17, 15) is 25.2 Å². The summed E-state index contributed by atoms with van der Waals surface area (Å²) < 4.78 is 23.0. The first-order chi connectivity index (χ1) is 34.4. The summed E-state index contributed by atoms with van der Waals surface area (Å²) in [6.45, 7) is 4.48. The molecule has 0 aromatic carbocycles. The molecule has 1 aliphatic heterocycles. The van der Waals surface area contributed by atoms with Crippen molar-refractivity contribution >= 4 is 5.97 Å². The van der Waals surface area contributed by atoms with Crippen LogP contribution in [0.4, 0.5) is 0 Å². The molecule has 1 saturated heterocycles. The first-order valence-corrected chi connectivity index (χ1v) is 29.4. The quantitative estimate of drug-likeness (QED) is 0.0267. The van der Waals surface area contributed by atoms with Crippen LogP contribution in [0, 0.1) is 0 Å². The van der Waals surface area contributed by atoms with Gasteiger partial charge >= 0.3 is 5.97 Å². The highest BCUT2D eigenvalue weighted by molar-refractivity contribution is 5.69. The lowest BCUT2D eigenvalue weighted by Crippen LogP contribution is -2.59. The van der Waals surface area contributed by atoms with Crippen LogP contribution >= 0.6 is 0 Å². The van der Waals surface area contributed by atoms with Crippen molar-refractivity contribution in [2.75, 3.05) is 26.4 Å². The molecule has 0 bridgehead atoms. The second-order valence-corrected chi connectivity index (χ2v) is 20.1. The minimum absolute atomic E-state index is 0.118. The van der Waals surface area contributed by atoms with Crippen molar-refractivity contribution in [1.29, 1.82) is 0 Å². The van der Waals surface area contributed by atoms with Crippen molar-refractivity contribution in [2.45, 2.75) is 295 Å². The van der Waals surface area contributed by atoms with Gasteiger partial charge in [0.05, 0.1) is 19.8 Å². The summed E-state index contributed by atoms with van der Waals surface area (Å²) in [6.07, 6.45) is 61.3. The third-order valence-corrected chi connectivity index (χ3v) is 13.4. The van der Waals surface area contributed by atoms with Crippen molar-refractivity contribution < 1.29 is 44.2 Å². The van der Waals surface area contributed by atoms with Crippen molar-refractivity contribution in [2.24, 2.45) is 0 Å². The zero-order valence-electron chi connectivity index (χ0n) is 45.3. The van der Waals surface area contributed by atoms with E-state index in [1.807, 2.05) is 0 Å². The van der Waals surface area contributed by atoms with E-state index in [0.29, 0.717) is 13.0 Å². The highest BCUT2D eigenvalue weighted by Crippen LogP contribution is 2.23. The lowest BCUT2D eigenvalue weighted by molar-refractivity contribution is -0.305. The Morgan fingerprint density at radius 1 is 0.471 bits per heavy atom. The molecule has 0 aliphatic carbocycles. The Balaban J connectivity index is 2.15. The largest absolute Gasteiger partial charge is 0.457 e. The van der Waals surface area contributed by atoms with Crippen LogP contribution in [-0.4, -0.2) is 89.6 Å². The molecule has 0 amide bonds. The molecular weight excluding hydrogens is 877 g/mol. The van der Waals surface area contributed by atoms with Gasteiger partial charge in [0.1, 0.15) is 30.5 Å². The lowest BCUT2D eigenvalue weighted by Gasteiger charge is -2.39. The Kier molecular flexibility index (Phi) is 48.7. The monoisotopic (exact) mass is 987 g/mol. The number of hydrogen-bond donors (Lipinski definition) is 4. The highest BCUT2D eigenvalue weighted by Gasteiger charge is 2.44. The summed E-state index contributed by atoms with van der Waals surface area (Å²) >= 11 is 0. The molecule has 408 valence electrons. The van der Waals surface area contributed by atoms with Gasteiger partial charge in [-0.15, -0.1) is 0 Å². The topological polar surface area (TPSA) is 135 Å². The van der Waals surface area contributed by atoms with Crippen LogP contribution in [0.1, 0.15) is 258 Å². The molecule has 1 heterocycles. The first kappa shape index (κ1) is 65.9. The minimum Gasteiger partial charge on any atom is -0.457 e. The zero-order chi connectivity index (χ0) is 50.6. The molecule has 6 unspecified atom stereocenters. The van der Waals surface area contributed by atoms with E-state index in [-0.39, 0.29) is 19.2 Å². The number of aliphatic hydroxyl groups excluding tert-OH is 4. The molecule has 0 aromatic heterocycles. The van der Waals surface area contributed by atoms with Gasteiger partial charge in [0.15, 0.2) is 6.29 Å². The van der Waals surface area contributed by atoms with E-state index < -0.39 is 43.4 Å². The highest BCUT2D eigenvalue weighted by atomic mass is 16.7. The van der Waals surface area contributed by atoms with Crippen molar-refractivity contribution in [3.63, 3.8) is 0 Å². The summed E-state index contributed by atoms with van der Waals surface area (Å²) in [5.74, 6) is -0.321. The summed E-state index contributed by atoms with van der Waals surface area (Å²) in [4.78, 5) is 12.9. The third-order valence-electron chi connectivity index (χ3n) is 13.4. The molecule has 70 heavy (non-hydrogen) atoms. The number of aliphatic hydroxyl groups is 4. The predicted molar refractivity (Wildman–Crippen MR) is 293 cm³/mol. The molecule has 1 rings (SSSR count). The standard InChI is InChI=1S/C61H110O9/c1-3-5-7-9-11-13-15-17-19-21-23-25-27-29-31-33-35-37-39-41-43-45-47-49-51-67-53-55(54-68-61-60(66)59(65)58(64)56(52-62)70-61)69-57(63)50-48-46-44-42-40-38-36-34-32-30-28-26-24-22-20-18-16-14-12-10-8-6-4-2/h6,8,12,14,18,20,24,26,30,32,55-56,58-62,64-66H,3-5,7,9-11,13,15-17,19,21-23,25,27-29,31,33-54H2,1-2H3/b8-6-,14-12-,20-18-,26-24-,32-30-. The fourth-order valence-electron chi connectivity index (χ4n) is 8.93. The Morgan fingerprint density at radius 2 is 0.871 bits per heavy atom. The number of allylic oxidation sites excluding steroid dienone is 10. The Labute approximate surface area is 430 Å². The molecule has 0 saturated carbocycles. The number of hydrogen-bond acceptors (Lipinski definition) is 9. The van der Waals surface area contributed by atoms with E-state index in [0.717, 1.165) is 77.0 Å². The van der Waals surface area contributed by atoms with E-state index in [1.54, 1.807) is 0 Å². The predicted octanol–water partition coefficient (Wildman–Crippen LogP) is 15.4. The molecular formula is C61H110O9. The molecule has 1 aliphatic rings. The molecule has 0 radical (unpaired) electrons. The van der Waals surface area contributed by atoms with Crippen LogP contribution in [-0.2, 0) is 23.7 Å². The van der Waals surface area contributed by atoms with Crippen molar-refractivity contribution in [3.8, 4) is 0 Å². The summed E-state index contributed by atoms with van der Waals surface area (Å²) in [6, 6.07) is 0. The second-order valence-electron chi connectivity index (χ2n) is 20.1. The Hall–Kier alpha value is -2.11. The van der Waals surface area contributed by atoms with E-state index in [1.165, 1.54) is 161 Å². The number of rotatable bonds is 51. The van der Waals surface area contributed by atoms with Crippen LogP contribution < -0.4 is 0 Å². The van der Waals surface area contributed by atoms with Gasteiger partial charge in [0.25, 0.3) is 0 Å². The van der Waals surface area contributed by atoms with Crippen LogP contribution in [0.3, 0.4) is 0 Å². The maximum atomic E-state index is 12.9. The average Bonchev–Trinajstić information content (AvgIpc) is 3.36. The molecule has 9 heteroatoms. The maximum absolute atomic E-state index is 12.9. The Bertz CT molecular complexity index is 1260. The summed E-state index contributed by atoms with van der Waals surface area (Å²) in [5.41, 5.74) is 0. The molecule has 4 N–H and O–H groups in total. The van der Waals surface area contributed by atoms with Gasteiger partial charge in [-0.25, -0.2) is 0 Å². The lowest BCUT2D eigenvalue weighted by atomic mass is 9.99. The van der Waals surface area contributed by atoms with E-state index in [2.05, 4.69) is 74.6 Å². The van der Waals surface area contributed by atoms with E-state index >= 15 is 0 Å². The summed E-state index contributed by atoms with van der Waals surface area (Å²) in [7, 11) is 0. The zero-order valence-corrected chi connectivity index (χ0v) is 45.3. The van der Waals surface area contributed by atoms with Gasteiger partial charge in [-0.3, -0.25) is 4.79 Å². The first-order valence-electron chi connectivity index (χ1n) is 29.4. The average molecular weight is 988 g/mol. The number of carbonyl (C=O) groups is 1. The SMILES string of the molecule is CC/C=C\C/C=C\C/C=C\C/C=C\C/C=C\CCCCCCCCCC(=O)OC(COCCCCCCCCCCCCCCCCCCCCCCCCCC)COC1OC(CO)C(O)C(O)C1O. The van der Waals surface area contributed by atoms with Crippen molar-refractivity contribution in [3.05, 3.63) is 60.8 Å². The number of carbonyl (C=O) groups excluding carboxylic acids is 1. The minimum atomic E-state index is -1.54. The van der Waals surface area contributed by atoms with Crippen LogP contribution in [0.5, 0.6) is 0 Å². The maximum Gasteiger partial charge on any atom is 0.306 e. The van der Waals surface area contributed by atoms with Gasteiger partial charge in [-0.2, -0.15) is 0 Å². The van der Waals surface area contributed by atoms with Gasteiger partial charge in [0, 0.05) is 13.0 Å². The van der Waals surface area contributed by atoms with Crippen LogP contribution in [0.15, 0.2) is 60.8 Å². The molecule has 0 aromatic rings.